The summed E-state index contributed by atoms with van der Waals surface area (Å²) in [5, 5.41) is 4.11. The van der Waals surface area contributed by atoms with E-state index in [-0.39, 0.29) is 11.9 Å². The molecule has 0 N–H and O–H groups in total. The largest absolute Gasteiger partial charge is 0.334 e. The highest BCUT2D eigenvalue weighted by atomic mass is 35.5. The second-order valence-electron chi connectivity index (χ2n) is 4.75. The zero-order chi connectivity index (χ0) is 12.6. The van der Waals surface area contributed by atoms with Crippen molar-refractivity contribution in [2.75, 3.05) is 12.4 Å². The van der Waals surface area contributed by atoms with Gasteiger partial charge in [0.05, 0.1) is 11.8 Å². The Morgan fingerprint density at radius 1 is 1.65 bits per heavy atom. The first-order chi connectivity index (χ1) is 8.06. The minimum atomic E-state index is 0.0607. The van der Waals surface area contributed by atoms with E-state index in [0.29, 0.717) is 17.4 Å². The first kappa shape index (κ1) is 12.4. The molecule has 1 aliphatic heterocycles. The fourth-order valence-electron chi connectivity index (χ4n) is 2.36. The van der Waals surface area contributed by atoms with Crippen molar-refractivity contribution in [3.05, 3.63) is 17.5 Å². The zero-order valence-electron chi connectivity index (χ0n) is 10.5. The Balaban J connectivity index is 2.23. The Hall–Kier alpha value is -1.03. The van der Waals surface area contributed by atoms with E-state index < -0.39 is 0 Å². The molecule has 0 bridgehead atoms. The Kier molecular flexibility index (Phi) is 3.43. The van der Waals surface area contributed by atoms with Crippen LogP contribution in [0.2, 0.25) is 0 Å². The van der Waals surface area contributed by atoms with Gasteiger partial charge in [0.1, 0.15) is 0 Å². The highest BCUT2D eigenvalue weighted by molar-refractivity contribution is 6.18. The van der Waals surface area contributed by atoms with Crippen LogP contribution in [0.15, 0.2) is 6.20 Å². The average Bonchev–Trinajstić information content (AvgIpc) is 2.83. The number of carbonyl (C=O) groups excluding carboxylic acids is 1. The van der Waals surface area contributed by atoms with Gasteiger partial charge in [0.15, 0.2) is 0 Å². The van der Waals surface area contributed by atoms with Crippen molar-refractivity contribution in [1.29, 1.82) is 0 Å². The van der Waals surface area contributed by atoms with Gasteiger partial charge in [-0.3, -0.25) is 9.48 Å². The lowest BCUT2D eigenvalue weighted by Crippen LogP contribution is -2.38. The number of hydrogen-bond donors (Lipinski definition) is 0. The van der Waals surface area contributed by atoms with Crippen LogP contribution in [-0.4, -0.2) is 39.1 Å². The molecule has 1 saturated heterocycles. The lowest BCUT2D eigenvalue weighted by molar-refractivity contribution is 0.0736. The Labute approximate surface area is 107 Å². The summed E-state index contributed by atoms with van der Waals surface area (Å²) in [5.74, 6) is 1.05. The first-order valence-electron chi connectivity index (χ1n) is 5.91. The number of rotatable bonds is 2. The van der Waals surface area contributed by atoms with Crippen LogP contribution in [0.4, 0.5) is 0 Å². The van der Waals surface area contributed by atoms with Crippen LogP contribution in [0.3, 0.4) is 0 Å². The van der Waals surface area contributed by atoms with Gasteiger partial charge < -0.3 is 4.90 Å². The van der Waals surface area contributed by atoms with Crippen molar-refractivity contribution < 1.29 is 4.79 Å². The van der Waals surface area contributed by atoms with Gasteiger partial charge in [-0.15, -0.1) is 11.6 Å². The quantitative estimate of drug-likeness (QED) is 0.756. The third kappa shape index (κ3) is 2.06. The second kappa shape index (κ2) is 4.69. The van der Waals surface area contributed by atoms with E-state index in [4.69, 9.17) is 11.6 Å². The molecule has 0 spiro atoms. The lowest BCUT2D eigenvalue weighted by atomic mass is 10.0. The van der Waals surface area contributed by atoms with Crippen LogP contribution in [0.5, 0.6) is 0 Å². The summed E-state index contributed by atoms with van der Waals surface area (Å²) in [7, 11) is 1.84. The van der Waals surface area contributed by atoms with Gasteiger partial charge in [0.2, 0.25) is 0 Å². The van der Waals surface area contributed by atoms with Crippen molar-refractivity contribution >= 4 is 17.5 Å². The molecule has 17 heavy (non-hydrogen) atoms. The molecule has 94 valence electrons. The van der Waals surface area contributed by atoms with Crippen molar-refractivity contribution in [1.82, 2.24) is 14.7 Å². The predicted octanol–water partition coefficient (Wildman–Crippen LogP) is 1.82. The Morgan fingerprint density at radius 2 is 2.35 bits per heavy atom. The molecule has 2 atom stereocenters. The number of amides is 1. The van der Waals surface area contributed by atoms with E-state index in [2.05, 4.69) is 12.0 Å². The number of alkyl halides is 1. The molecule has 1 amide bonds. The first-order valence-corrected chi connectivity index (χ1v) is 6.45. The van der Waals surface area contributed by atoms with E-state index in [1.807, 2.05) is 18.9 Å². The van der Waals surface area contributed by atoms with Gasteiger partial charge in [-0.1, -0.05) is 6.92 Å². The molecule has 1 aromatic heterocycles. The number of aryl methyl sites for hydroxylation is 1. The summed E-state index contributed by atoms with van der Waals surface area (Å²) in [6.45, 7) is 4.86. The topological polar surface area (TPSA) is 38.1 Å². The summed E-state index contributed by atoms with van der Waals surface area (Å²) < 4.78 is 1.72. The average molecular weight is 256 g/mol. The molecule has 2 heterocycles. The molecular formula is C12H18ClN3O. The minimum absolute atomic E-state index is 0.0607. The number of likely N-dealkylation sites (tertiary alicyclic amines) is 1. The standard InChI is InChI=1S/C12H18ClN3O/c1-8-4-5-16(11(8)6-13)12(17)10-7-14-15(3)9(10)2/h7-8,11H,4-6H2,1-3H3. The third-order valence-electron chi connectivity index (χ3n) is 3.77. The molecule has 2 unspecified atom stereocenters. The van der Waals surface area contributed by atoms with Gasteiger partial charge in [-0.05, 0) is 19.3 Å². The zero-order valence-corrected chi connectivity index (χ0v) is 11.2. The van der Waals surface area contributed by atoms with E-state index in [9.17, 15) is 4.79 Å². The molecule has 2 rings (SSSR count). The van der Waals surface area contributed by atoms with Crippen LogP contribution in [0, 0.1) is 12.8 Å². The fourth-order valence-corrected chi connectivity index (χ4v) is 2.83. The van der Waals surface area contributed by atoms with Crippen LogP contribution >= 0.6 is 11.6 Å². The smallest absolute Gasteiger partial charge is 0.257 e. The van der Waals surface area contributed by atoms with Gasteiger partial charge in [-0.2, -0.15) is 5.10 Å². The fraction of sp³-hybridized carbons (Fsp3) is 0.667. The van der Waals surface area contributed by atoms with Crippen molar-refractivity contribution in [2.45, 2.75) is 26.3 Å². The molecule has 4 nitrogen and oxygen atoms in total. The Bertz CT molecular complexity index is 429. The maximum Gasteiger partial charge on any atom is 0.257 e. The molecule has 0 saturated carbocycles. The highest BCUT2D eigenvalue weighted by Crippen LogP contribution is 2.27. The van der Waals surface area contributed by atoms with Gasteiger partial charge in [0.25, 0.3) is 5.91 Å². The van der Waals surface area contributed by atoms with Crippen LogP contribution in [0.1, 0.15) is 29.4 Å². The molecule has 1 aromatic rings. The van der Waals surface area contributed by atoms with Crippen molar-refractivity contribution in [3.8, 4) is 0 Å². The molecule has 0 aliphatic carbocycles. The molecule has 1 aliphatic rings. The van der Waals surface area contributed by atoms with E-state index in [1.165, 1.54) is 0 Å². The second-order valence-corrected chi connectivity index (χ2v) is 5.06. The monoisotopic (exact) mass is 255 g/mol. The summed E-state index contributed by atoms with van der Waals surface area (Å²) in [5.41, 5.74) is 1.60. The summed E-state index contributed by atoms with van der Waals surface area (Å²) in [6, 6.07) is 0.156. The van der Waals surface area contributed by atoms with Crippen LogP contribution in [-0.2, 0) is 7.05 Å². The van der Waals surface area contributed by atoms with E-state index >= 15 is 0 Å². The highest BCUT2D eigenvalue weighted by Gasteiger charge is 2.35. The van der Waals surface area contributed by atoms with Crippen LogP contribution in [0.25, 0.3) is 0 Å². The number of aromatic nitrogens is 2. The summed E-state index contributed by atoms with van der Waals surface area (Å²) >= 11 is 5.96. The number of halogens is 1. The van der Waals surface area contributed by atoms with Gasteiger partial charge in [0, 0.05) is 31.2 Å². The molecule has 1 fully saturated rings. The van der Waals surface area contributed by atoms with Gasteiger partial charge in [-0.25, -0.2) is 0 Å². The maximum absolute atomic E-state index is 12.4. The minimum Gasteiger partial charge on any atom is -0.334 e. The van der Waals surface area contributed by atoms with E-state index in [0.717, 1.165) is 18.7 Å². The lowest BCUT2D eigenvalue weighted by Gasteiger charge is -2.24. The number of nitrogens with zero attached hydrogens (tertiary/aromatic N) is 3. The molecular weight excluding hydrogens is 238 g/mol. The number of carbonyl (C=O) groups is 1. The summed E-state index contributed by atoms with van der Waals surface area (Å²) in [4.78, 5) is 14.3. The van der Waals surface area contributed by atoms with Crippen molar-refractivity contribution in [3.63, 3.8) is 0 Å². The maximum atomic E-state index is 12.4. The SMILES string of the molecule is Cc1c(C(=O)N2CCC(C)C2CCl)cnn1C. The summed E-state index contributed by atoms with van der Waals surface area (Å²) in [6.07, 6.45) is 2.67. The van der Waals surface area contributed by atoms with Crippen molar-refractivity contribution in [2.24, 2.45) is 13.0 Å². The van der Waals surface area contributed by atoms with Gasteiger partial charge >= 0.3 is 0 Å². The molecule has 0 aromatic carbocycles. The Morgan fingerprint density at radius 3 is 2.88 bits per heavy atom. The van der Waals surface area contributed by atoms with Crippen LogP contribution < -0.4 is 0 Å². The van der Waals surface area contributed by atoms with E-state index in [1.54, 1.807) is 10.9 Å². The molecule has 5 heteroatoms. The number of hydrogen-bond acceptors (Lipinski definition) is 2. The third-order valence-corrected chi connectivity index (χ3v) is 4.08. The molecule has 0 radical (unpaired) electrons. The normalized spacial score (nSPS) is 24.4. The predicted molar refractivity (Wildman–Crippen MR) is 67.3 cm³/mol.